The average molecular weight is 284 g/mol. The zero-order valence-electron chi connectivity index (χ0n) is 10.1. The lowest BCUT2D eigenvalue weighted by Gasteiger charge is -2.25. The van der Waals surface area contributed by atoms with Gasteiger partial charge in [0.05, 0.1) is 0 Å². The van der Waals surface area contributed by atoms with Crippen molar-refractivity contribution in [2.75, 3.05) is 0 Å². The number of carboxylic acids is 1. The lowest BCUT2D eigenvalue weighted by molar-refractivity contribution is -0.142. The normalized spacial score (nSPS) is 22.5. The Balaban J connectivity index is 2.13. The smallest absolute Gasteiger partial charge is 0.408 e. The number of hydrogen-bond donors (Lipinski definition) is 2. The van der Waals surface area contributed by atoms with Crippen LogP contribution in [-0.2, 0) is 11.2 Å². The lowest BCUT2D eigenvalue weighted by Crippen LogP contribution is -2.44. The van der Waals surface area contributed by atoms with Gasteiger partial charge in [0, 0.05) is 11.1 Å². The molecule has 1 aromatic carbocycles. The number of hydrogen-bond acceptors (Lipinski definition) is 2. The molecular formula is C13H14ClNO4. The zero-order valence-corrected chi connectivity index (χ0v) is 10.9. The first-order chi connectivity index (χ1) is 8.99. The number of amides is 1. The molecule has 0 radical (unpaired) electrons. The molecule has 1 fully saturated rings. The molecule has 1 aliphatic rings. The van der Waals surface area contributed by atoms with Crippen LogP contribution in [0.4, 0.5) is 4.79 Å². The summed E-state index contributed by atoms with van der Waals surface area (Å²) in [5.41, 5.74) is 0.951. The summed E-state index contributed by atoms with van der Waals surface area (Å²) in [4.78, 5) is 23.3. The molecule has 1 aromatic rings. The van der Waals surface area contributed by atoms with Crippen LogP contribution in [0, 0.1) is 0 Å². The van der Waals surface area contributed by atoms with E-state index in [0.717, 1.165) is 10.5 Å². The lowest BCUT2D eigenvalue weighted by atomic mass is 10.0. The quantitative estimate of drug-likeness (QED) is 0.893. The third kappa shape index (κ3) is 2.98. The topological polar surface area (TPSA) is 77.8 Å². The molecule has 19 heavy (non-hydrogen) atoms. The van der Waals surface area contributed by atoms with E-state index in [1.807, 2.05) is 12.1 Å². The highest BCUT2D eigenvalue weighted by atomic mass is 35.5. The summed E-state index contributed by atoms with van der Waals surface area (Å²) >= 11 is 5.79. The van der Waals surface area contributed by atoms with E-state index < -0.39 is 18.1 Å². The Morgan fingerprint density at radius 3 is 2.37 bits per heavy atom. The summed E-state index contributed by atoms with van der Waals surface area (Å²) in [7, 11) is 0. The van der Waals surface area contributed by atoms with Gasteiger partial charge in [-0.1, -0.05) is 23.7 Å². The fraction of sp³-hybridized carbons (Fsp3) is 0.385. The van der Waals surface area contributed by atoms with E-state index in [-0.39, 0.29) is 6.04 Å². The minimum Gasteiger partial charge on any atom is -0.480 e. The molecule has 0 aliphatic carbocycles. The monoisotopic (exact) mass is 283 g/mol. The van der Waals surface area contributed by atoms with E-state index in [0.29, 0.717) is 24.3 Å². The maximum absolute atomic E-state index is 11.2. The molecule has 0 spiro atoms. The summed E-state index contributed by atoms with van der Waals surface area (Å²) in [6.45, 7) is 0. The Bertz CT molecular complexity index is 488. The summed E-state index contributed by atoms with van der Waals surface area (Å²) in [6, 6.07) is 5.92. The summed E-state index contributed by atoms with van der Waals surface area (Å²) in [5.74, 6) is -1.08. The fourth-order valence-electron chi connectivity index (χ4n) is 2.51. The second-order valence-corrected chi connectivity index (χ2v) is 5.04. The van der Waals surface area contributed by atoms with Crippen molar-refractivity contribution >= 4 is 23.7 Å². The second kappa shape index (κ2) is 5.48. The van der Waals surface area contributed by atoms with Gasteiger partial charge in [-0.15, -0.1) is 0 Å². The van der Waals surface area contributed by atoms with Crippen molar-refractivity contribution in [2.45, 2.75) is 31.3 Å². The van der Waals surface area contributed by atoms with Crippen molar-refractivity contribution in [3.8, 4) is 0 Å². The molecule has 1 aliphatic heterocycles. The van der Waals surface area contributed by atoms with Gasteiger partial charge in [0.2, 0.25) is 0 Å². The molecule has 2 N–H and O–H groups in total. The van der Waals surface area contributed by atoms with Crippen molar-refractivity contribution in [2.24, 2.45) is 0 Å². The minimum absolute atomic E-state index is 0.292. The molecule has 6 heteroatoms. The number of carboxylic acid groups (broad SMARTS) is 2. The maximum Gasteiger partial charge on any atom is 0.408 e. The highest BCUT2D eigenvalue weighted by Crippen LogP contribution is 2.27. The number of rotatable bonds is 3. The van der Waals surface area contributed by atoms with Gasteiger partial charge in [0.15, 0.2) is 0 Å². The molecule has 1 heterocycles. The van der Waals surface area contributed by atoms with Gasteiger partial charge >= 0.3 is 12.1 Å². The Labute approximate surface area is 115 Å². The summed E-state index contributed by atoms with van der Waals surface area (Å²) in [5, 5.41) is 18.8. The van der Waals surface area contributed by atoms with Crippen molar-refractivity contribution in [1.82, 2.24) is 4.90 Å². The van der Waals surface area contributed by atoms with Crippen LogP contribution in [-0.4, -0.2) is 39.3 Å². The maximum atomic E-state index is 11.2. The number of nitrogens with zero attached hydrogens (tertiary/aromatic N) is 1. The molecule has 2 rings (SSSR count). The van der Waals surface area contributed by atoms with E-state index in [4.69, 9.17) is 21.8 Å². The summed E-state index contributed by atoms with van der Waals surface area (Å²) in [6.07, 6.45) is 0.253. The molecule has 1 amide bonds. The predicted octanol–water partition coefficient (Wildman–Crippen LogP) is 2.48. The Morgan fingerprint density at radius 1 is 1.21 bits per heavy atom. The van der Waals surface area contributed by atoms with E-state index in [2.05, 4.69) is 0 Å². The molecule has 1 saturated heterocycles. The Hall–Kier alpha value is -1.75. The average Bonchev–Trinajstić information content (AvgIpc) is 2.76. The van der Waals surface area contributed by atoms with Crippen molar-refractivity contribution in [3.63, 3.8) is 0 Å². The van der Waals surface area contributed by atoms with Crippen LogP contribution in [0.1, 0.15) is 18.4 Å². The Morgan fingerprint density at radius 2 is 1.84 bits per heavy atom. The largest absolute Gasteiger partial charge is 0.480 e. The van der Waals surface area contributed by atoms with Gasteiger partial charge in [-0.05, 0) is 37.0 Å². The van der Waals surface area contributed by atoms with Crippen LogP contribution in [0.15, 0.2) is 24.3 Å². The molecule has 102 valence electrons. The molecule has 0 bridgehead atoms. The predicted molar refractivity (Wildman–Crippen MR) is 69.5 cm³/mol. The molecule has 2 atom stereocenters. The first-order valence-corrected chi connectivity index (χ1v) is 6.35. The third-order valence-corrected chi connectivity index (χ3v) is 3.65. The Kier molecular flexibility index (Phi) is 3.95. The number of carbonyl (C=O) groups is 2. The van der Waals surface area contributed by atoms with Crippen molar-refractivity contribution in [1.29, 1.82) is 0 Å². The summed E-state index contributed by atoms with van der Waals surface area (Å²) < 4.78 is 0. The highest BCUT2D eigenvalue weighted by Gasteiger charge is 2.40. The van der Waals surface area contributed by atoms with Crippen LogP contribution >= 0.6 is 11.6 Å². The first-order valence-electron chi connectivity index (χ1n) is 5.97. The van der Waals surface area contributed by atoms with Gasteiger partial charge in [0.1, 0.15) is 6.04 Å². The van der Waals surface area contributed by atoms with Crippen LogP contribution in [0.2, 0.25) is 5.02 Å². The third-order valence-electron chi connectivity index (χ3n) is 3.39. The number of likely N-dealkylation sites (tertiary alicyclic amines) is 1. The molecule has 2 unspecified atom stereocenters. The van der Waals surface area contributed by atoms with Crippen LogP contribution < -0.4 is 0 Å². The fourth-order valence-corrected chi connectivity index (χ4v) is 2.63. The van der Waals surface area contributed by atoms with Crippen LogP contribution in [0.3, 0.4) is 0 Å². The van der Waals surface area contributed by atoms with Crippen molar-refractivity contribution in [3.05, 3.63) is 34.9 Å². The number of aliphatic carboxylic acids is 1. The molecule has 0 saturated carbocycles. The number of halogens is 1. The van der Waals surface area contributed by atoms with Crippen molar-refractivity contribution < 1.29 is 19.8 Å². The number of benzene rings is 1. The van der Waals surface area contributed by atoms with E-state index in [1.165, 1.54) is 0 Å². The van der Waals surface area contributed by atoms with Gasteiger partial charge < -0.3 is 10.2 Å². The van der Waals surface area contributed by atoms with E-state index in [9.17, 15) is 9.59 Å². The molecule has 0 aromatic heterocycles. The van der Waals surface area contributed by atoms with Gasteiger partial charge in [0.25, 0.3) is 0 Å². The minimum atomic E-state index is -1.18. The highest BCUT2D eigenvalue weighted by molar-refractivity contribution is 6.30. The zero-order chi connectivity index (χ0) is 14.0. The van der Waals surface area contributed by atoms with E-state index >= 15 is 0 Å². The standard InChI is InChI=1S/C13H14ClNO4/c14-9-3-1-8(2-4-9)7-10-5-6-11(12(16)17)15(10)13(18)19/h1-4,10-11H,5-7H2,(H,16,17)(H,18,19). The molecule has 5 nitrogen and oxygen atoms in total. The van der Waals surface area contributed by atoms with Crippen LogP contribution in [0.5, 0.6) is 0 Å². The first kappa shape index (κ1) is 13.7. The van der Waals surface area contributed by atoms with Gasteiger partial charge in [-0.25, -0.2) is 9.59 Å². The second-order valence-electron chi connectivity index (χ2n) is 4.61. The SMILES string of the molecule is O=C(O)C1CCC(Cc2ccc(Cl)cc2)N1C(=O)O. The van der Waals surface area contributed by atoms with E-state index in [1.54, 1.807) is 12.1 Å². The van der Waals surface area contributed by atoms with Gasteiger partial charge in [-0.2, -0.15) is 0 Å². The molecular weight excluding hydrogens is 270 g/mol. The van der Waals surface area contributed by atoms with Crippen LogP contribution in [0.25, 0.3) is 0 Å². The van der Waals surface area contributed by atoms with Gasteiger partial charge in [-0.3, -0.25) is 4.90 Å².